The SMILES string of the molecule is COc1ccc([C@@H](N)c2nc(-c3ccoc3C)n[nH]2)cc1. The average molecular weight is 284 g/mol. The number of methoxy groups -OCH3 is 1. The molecule has 1 atom stereocenters. The van der Waals surface area contributed by atoms with Gasteiger partial charge in [0.15, 0.2) is 5.82 Å². The number of aryl methyl sites for hydroxylation is 1. The van der Waals surface area contributed by atoms with Gasteiger partial charge in [0.25, 0.3) is 0 Å². The molecular weight excluding hydrogens is 268 g/mol. The molecule has 0 spiro atoms. The predicted octanol–water partition coefficient (Wildman–Crippen LogP) is 2.43. The van der Waals surface area contributed by atoms with E-state index in [9.17, 15) is 0 Å². The Morgan fingerprint density at radius 2 is 2.00 bits per heavy atom. The van der Waals surface area contributed by atoms with E-state index in [1.165, 1.54) is 0 Å². The molecule has 0 saturated carbocycles. The number of rotatable bonds is 4. The summed E-state index contributed by atoms with van der Waals surface area (Å²) in [5.74, 6) is 2.76. The molecule has 21 heavy (non-hydrogen) atoms. The van der Waals surface area contributed by atoms with Crippen molar-refractivity contribution in [3.05, 3.63) is 53.7 Å². The third-order valence-corrected chi connectivity index (χ3v) is 3.37. The second-order valence-corrected chi connectivity index (χ2v) is 4.69. The Morgan fingerprint density at radius 3 is 2.62 bits per heavy atom. The maximum atomic E-state index is 6.21. The van der Waals surface area contributed by atoms with E-state index < -0.39 is 0 Å². The summed E-state index contributed by atoms with van der Waals surface area (Å²) in [6, 6.07) is 9.02. The molecule has 0 aliphatic carbocycles. The van der Waals surface area contributed by atoms with Gasteiger partial charge in [-0.05, 0) is 30.7 Å². The van der Waals surface area contributed by atoms with Crippen LogP contribution in [-0.2, 0) is 0 Å². The van der Waals surface area contributed by atoms with E-state index >= 15 is 0 Å². The van der Waals surface area contributed by atoms with E-state index in [1.54, 1.807) is 13.4 Å². The Kier molecular flexibility index (Phi) is 3.45. The van der Waals surface area contributed by atoms with Crippen molar-refractivity contribution in [3.8, 4) is 17.1 Å². The van der Waals surface area contributed by atoms with Crippen molar-refractivity contribution >= 4 is 0 Å². The van der Waals surface area contributed by atoms with Crippen LogP contribution in [0.5, 0.6) is 5.75 Å². The van der Waals surface area contributed by atoms with Crippen molar-refractivity contribution < 1.29 is 9.15 Å². The number of aromatic amines is 1. The number of nitrogens with two attached hydrogens (primary N) is 1. The highest BCUT2D eigenvalue weighted by Crippen LogP contribution is 2.24. The fourth-order valence-electron chi connectivity index (χ4n) is 2.12. The molecule has 2 aromatic heterocycles. The van der Waals surface area contributed by atoms with Gasteiger partial charge in [-0.15, -0.1) is 0 Å². The second kappa shape index (κ2) is 5.41. The van der Waals surface area contributed by atoms with Crippen LogP contribution in [0.25, 0.3) is 11.4 Å². The van der Waals surface area contributed by atoms with E-state index in [1.807, 2.05) is 37.3 Å². The Hall–Kier alpha value is -2.60. The summed E-state index contributed by atoms with van der Waals surface area (Å²) in [4.78, 5) is 4.45. The van der Waals surface area contributed by atoms with Crippen LogP contribution in [0, 0.1) is 6.92 Å². The van der Waals surface area contributed by atoms with Gasteiger partial charge in [-0.3, -0.25) is 5.10 Å². The van der Waals surface area contributed by atoms with Crippen LogP contribution >= 0.6 is 0 Å². The number of aromatic nitrogens is 3. The molecule has 1 aromatic carbocycles. The topological polar surface area (TPSA) is 90.0 Å². The monoisotopic (exact) mass is 284 g/mol. The zero-order chi connectivity index (χ0) is 14.8. The maximum absolute atomic E-state index is 6.21. The normalized spacial score (nSPS) is 12.3. The van der Waals surface area contributed by atoms with E-state index in [4.69, 9.17) is 14.9 Å². The van der Waals surface area contributed by atoms with Crippen molar-refractivity contribution in [2.75, 3.05) is 7.11 Å². The Bertz CT molecular complexity index is 730. The van der Waals surface area contributed by atoms with Crippen LogP contribution < -0.4 is 10.5 Å². The summed E-state index contributed by atoms with van der Waals surface area (Å²) in [6.07, 6.45) is 1.62. The maximum Gasteiger partial charge on any atom is 0.184 e. The lowest BCUT2D eigenvalue weighted by atomic mass is 10.1. The van der Waals surface area contributed by atoms with Crippen molar-refractivity contribution in [3.63, 3.8) is 0 Å². The van der Waals surface area contributed by atoms with E-state index in [2.05, 4.69) is 15.2 Å². The van der Waals surface area contributed by atoms with Gasteiger partial charge < -0.3 is 14.9 Å². The first-order chi connectivity index (χ1) is 10.2. The molecule has 0 aliphatic heterocycles. The van der Waals surface area contributed by atoms with Gasteiger partial charge in [-0.1, -0.05) is 12.1 Å². The van der Waals surface area contributed by atoms with E-state index in [-0.39, 0.29) is 6.04 Å². The summed E-state index contributed by atoms with van der Waals surface area (Å²) in [5, 5.41) is 7.09. The van der Waals surface area contributed by atoms with Crippen LogP contribution in [0.3, 0.4) is 0 Å². The van der Waals surface area contributed by atoms with Crippen molar-refractivity contribution in [1.82, 2.24) is 15.2 Å². The Labute approximate surface area is 122 Å². The number of nitrogens with zero attached hydrogens (tertiary/aromatic N) is 2. The molecule has 6 heteroatoms. The molecule has 2 heterocycles. The van der Waals surface area contributed by atoms with E-state index in [0.29, 0.717) is 11.6 Å². The number of benzene rings is 1. The lowest BCUT2D eigenvalue weighted by molar-refractivity contribution is 0.414. The molecule has 0 saturated heterocycles. The minimum atomic E-state index is -0.371. The van der Waals surface area contributed by atoms with Crippen LogP contribution in [-0.4, -0.2) is 22.3 Å². The Balaban J connectivity index is 1.86. The molecule has 0 aliphatic rings. The number of hydrogen-bond donors (Lipinski definition) is 2. The van der Waals surface area contributed by atoms with Gasteiger partial charge in [0.05, 0.1) is 25.0 Å². The smallest absolute Gasteiger partial charge is 0.184 e. The molecule has 3 aromatic rings. The fourth-order valence-corrected chi connectivity index (χ4v) is 2.12. The van der Waals surface area contributed by atoms with Crippen molar-refractivity contribution in [2.24, 2.45) is 5.73 Å². The standard InChI is InChI=1S/C15H16N4O2/c1-9-12(7-8-21-9)14-17-15(19-18-14)13(16)10-3-5-11(20-2)6-4-10/h3-8,13H,16H2,1-2H3,(H,17,18,19)/t13-/m1/s1. The quantitative estimate of drug-likeness (QED) is 0.768. The van der Waals surface area contributed by atoms with Crippen molar-refractivity contribution in [2.45, 2.75) is 13.0 Å². The van der Waals surface area contributed by atoms with Gasteiger partial charge in [0.1, 0.15) is 17.3 Å². The lowest BCUT2D eigenvalue weighted by Gasteiger charge is -2.09. The van der Waals surface area contributed by atoms with Crippen molar-refractivity contribution in [1.29, 1.82) is 0 Å². The molecular formula is C15H16N4O2. The second-order valence-electron chi connectivity index (χ2n) is 4.69. The van der Waals surface area contributed by atoms with Gasteiger partial charge in [-0.2, -0.15) is 5.10 Å². The molecule has 0 bridgehead atoms. The molecule has 108 valence electrons. The minimum Gasteiger partial charge on any atom is -0.497 e. The van der Waals surface area contributed by atoms with Crippen LogP contribution in [0.1, 0.15) is 23.2 Å². The highest BCUT2D eigenvalue weighted by atomic mass is 16.5. The number of hydrogen-bond acceptors (Lipinski definition) is 5. The molecule has 3 rings (SSSR count). The molecule has 3 N–H and O–H groups in total. The van der Waals surface area contributed by atoms with E-state index in [0.717, 1.165) is 22.6 Å². The third kappa shape index (κ3) is 2.53. The van der Waals surface area contributed by atoms with Gasteiger partial charge in [0, 0.05) is 0 Å². The number of H-pyrrole nitrogens is 1. The number of nitrogens with one attached hydrogen (secondary N) is 1. The zero-order valence-electron chi connectivity index (χ0n) is 11.8. The number of ether oxygens (including phenoxy) is 1. The molecule has 0 fully saturated rings. The zero-order valence-corrected chi connectivity index (χ0v) is 11.8. The van der Waals surface area contributed by atoms with Gasteiger partial charge >= 0.3 is 0 Å². The largest absolute Gasteiger partial charge is 0.497 e. The summed E-state index contributed by atoms with van der Waals surface area (Å²) in [6.45, 7) is 1.87. The molecule has 0 amide bonds. The third-order valence-electron chi connectivity index (χ3n) is 3.37. The lowest BCUT2D eigenvalue weighted by Crippen LogP contribution is -2.13. The average Bonchev–Trinajstić information content (AvgIpc) is 3.15. The summed E-state index contributed by atoms with van der Waals surface area (Å²) in [7, 11) is 1.63. The molecule has 0 radical (unpaired) electrons. The minimum absolute atomic E-state index is 0.371. The predicted molar refractivity (Wildman–Crippen MR) is 77.8 cm³/mol. The van der Waals surface area contributed by atoms with Crippen LogP contribution in [0.15, 0.2) is 41.0 Å². The summed E-state index contributed by atoms with van der Waals surface area (Å²) >= 11 is 0. The fraction of sp³-hybridized carbons (Fsp3) is 0.200. The van der Waals surface area contributed by atoms with Crippen LogP contribution in [0.4, 0.5) is 0 Å². The Morgan fingerprint density at radius 1 is 1.24 bits per heavy atom. The summed E-state index contributed by atoms with van der Waals surface area (Å²) in [5.41, 5.74) is 8.01. The first kappa shape index (κ1) is 13.4. The highest BCUT2D eigenvalue weighted by molar-refractivity contribution is 5.56. The highest BCUT2D eigenvalue weighted by Gasteiger charge is 2.16. The number of furan rings is 1. The van der Waals surface area contributed by atoms with Gasteiger partial charge in [0.2, 0.25) is 0 Å². The first-order valence-electron chi connectivity index (χ1n) is 6.55. The molecule has 6 nitrogen and oxygen atoms in total. The van der Waals surface area contributed by atoms with Gasteiger partial charge in [-0.25, -0.2) is 4.98 Å². The van der Waals surface area contributed by atoms with Crippen LogP contribution in [0.2, 0.25) is 0 Å². The first-order valence-corrected chi connectivity index (χ1v) is 6.55. The molecule has 0 unspecified atom stereocenters. The summed E-state index contributed by atoms with van der Waals surface area (Å²) < 4.78 is 10.4.